The summed E-state index contributed by atoms with van der Waals surface area (Å²) in [6, 6.07) is 4.76. The van der Waals surface area contributed by atoms with Gasteiger partial charge in [-0.1, -0.05) is 11.6 Å². The number of nitrogens with zero attached hydrogens (tertiary/aromatic N) is 1. The van der Waals surface area contributed by atoms with E-state index in [0.717, 1.165) is 11.0 Å². The van der Waals surface area contributed by atoms with Crippen LogP contribution in [0.15, 0.2) is 23.1 Å². The molecule has 2 aliphatic rings. The summed E-state index contributed by atoms with van der Waals surface area (Å²) < 4.78 is 46.4. The maximum Gasteiger partial charge on any atom is 0.495 e. The van der Waals surface area contributed by atoms with E-state index in [-0.39, 0.29) is 17.0 Å². The number of aryl methyl sites for hydroxylation is 1. The molecule has 1 aromatic rings. The van der Waals surface area contributed by atoms with Crippen molar-refractivity contribution in [3.63, 3.8) is 0 Å². The van der Waals surface area contributed by atoms with Crippen molar-refractivity contribution in [3.05, 3.63) is 23.8 Å². The van der Waals surface area contributed by atoms with Gasteiger partial charge in [0.15, 0.2) is 0 Å². The molecule has 184 valence electrons. The number of sulfonamides is 1. The molecule has 0 aliphatic carbocycles. The maximum absolute atomic E-state index is 13.0. The van der Waals surface area contributed by atoms with E-state index in [9.17, 15) is 13.2 Å². The molecule has 0 aromatic heterocycles. The number of likely N-dealkylation sites (tertiary alicyclic amines) is 1. The second-order valence-electron chi connectivity index (χ2n) is 11.0. The van der Waals surface area contributed by atoms with Gasteiger partial charge in [-0.15, -0.1) is 0 Å². The van der Waals surface area contributed by atoms with Crippen molar-refractivity contribution in [3.8, 4) is 0 Å². The molecule has 0 radical (unpaired) electrons. The van der Waals surface area contributed by atoms with Gasteiger partial charge in [-0.05, 0) is 85.8 Å². The van der Waals surface area contributed by atoms with Gasteiger partial charge in [0.2, 0.25) is 10.0 Å². The van der Waals surface area contributed by atoms with Gasteiger partial charge in [0.25, 0.3) is 0 Å². The average molecular weight is 480 g/mol. The number of hydrogen-bond donors (Lipinski definition) is 1. The Morgan fingerprint density at radius 3 is 2.15 bits per heavy atom. The zero-order valence-corrected chi connectivity index (χ0v) is 21.8. The van der Waals surface area contributed by atoms with Gasteiger partial charge >= 0.3 is 13.2 Å². The summed E-state index contributed by atoms with van der Waals surface area (Å²) in [7, 11) is -4.25. The molecule has 2 aliphatic heterocycles. The first kappa shape index (κ1) is 26.0. The smallest absolute Gasteiger partial charge is 0.444 e. The van der Waals surface area contributed by atoms with E-state index in [1.54, 1.807) is 23.1 Å². The summed E-state index contributed by atoms with van der Waals surface area (Å²) in [4.78, 5) is 14.1. The van der Waals surface area contributed by atoms with Gasteiger partial charge in [-0.3, -0.25) is 0 Å². The molecule has 2 fully saturated rings. The summed E-state index contributed by atoms with van der Waals surface area (Å²) in [5.41, 5.74) is 0.115. The summed E-state index contributed by atoms with van der Waals surface area (Å²) in [6.45, 7) is 16.2. The summed E-state index contributed by atoms with van der Waals surface area (Å²) in [5, 5.41) is 0. The molecule has 8 nitrogen and oxygen atoms in total. The molecule has 1 N–H and O–H groups in total. The normalized spacial score (nSPS) is 21.3. The van der Waals surface area contributed by atoms with E-state index < -0.39 is 33.9 Å². The highest BCUT2D eigenvalue weighted by atomic mass is 32.2. The monoisotopic (exact) mass is 480 g/mol. The summed E-state index contributed by atoms with van der Waals surface area (Å²) in [6.07, 6.45) is 0.699. The number of carbonyl (C=O) groups excluding carboxylic acids is 1. The molecule has 1 aromatic carbocycles. The van der Waals surface area contributed by atoms with Crippen LogP contribution in [0, 0.1) is 6.92 Å². The molecule has 2 saturated heterocycles. The lowest BCUT2D eigenvalue weighted by molar-refractivity contribution is 0.00578. The third kappa shape index (κ3) is 5.91. The van der Waals surface area contributed by atoms with E-state index in [1.807, 2.05) is 55.4 Å². The van der Waals surface area contributed by atoms with Crippen molar-refractivity contribution < 1.29 is 27.3 Å². The highest BCUT2D eigenvalue weighted by molar-refractivity contribution is 7.89. The minimum atomic E-state index is -3.70. The topological polar surface area (TPSA) is 94.2 Å². The number of amides is 1. The zero-order chi connectivity index (χ0) is 24.8. The Labute approximate surface area is 198 Å². The lowest BCUT2D eigenvalue weighted by Crippen LogP contribution is -2.47. The SMILES string of the molecule is Cc1cc(S(=O)(=O)NC2CCN(C(=O)OC(C)(C)C)CC2)ccc1B1OC(C)(C)C(C)(C)O1. The predicted molar refractivity (Wildman–Crippen MR) is 128 cm³/mol. The van der Waals surface area contributed by atoms with Gasteiger partial charge in [0.1, 0.15) is 5.60 Å². The quantitative estimate of drug-likeness (QED) is 0.666. The molecular weight excluding hydrogens is 443 g/mol. The molecule has 0 bridgehead atoms. The van der Waals surface area contributed by atoms with E-state index in [4.69, 9.17) is 14.0 Å². The third-order valence-corrected chi connectivity index (χ3v) is 8.05. The van der Waals surface area contributed by atoms with Gasteiger partial charge in [-0.2, -0.15) is 0 Å². The largest absolute Gasteiger partial charge is 0.495 e. The summed E-state index contributed by atoms with van der Waals surface area (Å²) in [5.74, 6) is 0. The van der Waals surface area contributed by atoms with Crippen molar-refractivity contribution in [2.75, 3.05) is 13.1 Å². The first-order valence-electron chi connectivity index (χ1n) is 11.5. The van der Waals surface area contributed by atoms with Crippen molar-refractivity contribution >= 4 is 28.7 Å². The van der Waals surface area contributed by atoms with Crippen LogP contribution < -0.4 is 10.2 Å². The molecule has 10 heteroatoms. The van der Waals surface area contributed by atoms with Crippen LogP contribution in [0.2, 0.25) is 0 Å². The van der Waals surface area contributed by atoms with Gasteiger partial charge in [-0.25, -0.2) is 17.9 Å². The molecular formula is C23H37BN2O6S. The highest BCUT2D eigenvalue weighted by Gasteiger charge is 2.52. The van der Waals surface area contributed by atoms with Gasteiger partial charge in [0, 0.05) is 19.1 Å². The van der Waals surface area contributed by atoms with Crippen molar-refractivity contribution in [1.29, 1.82) is 0 Å². The first-order chi connectivity index (χ1) is 15.0. The third-order valence-electron chi connectivity index (χ3n) is 6.53. The molecule has 0 spiro atoms. The van der Waals surface area contributed by atoms with Crippen LogP contribution in [0.1, 0.15) is 66.9 Å². The average Bonchev–Trinajstić information content (AvgIpc) is 2.87. The molecule has 0 atom stereocenters. The zero-order valence-electron chi connectivity index (χ0n) is 21.0. The Morgan fingerprint density at radius 2 is 1.67 bits per heavy atom. The molecule has 2 heterocycles. The van der Waals surface area contributed by atoms with Crippen LogP contribution >= 0.6 is 0 Å². The Morgan fingerprint density at radius 1 is 1.12 bits per heavy atom. The van der Waals surface area contributed by atoms with Crippen molar-refractivity contribution in [1.82, 2.24) is 9.62 Å². The second-order valence-corrected chi connectivity index (χ2v) is 12.7. The Bertz CT molecular complexity index is 979. The standard InChI is InChI=1S/C23H37BN2O6S/c1-16-15-18(9-10-19(16)24-31-22(5,6)23(7,8)32-24)33(28,29)25-17-11-13-26(14-12-17)20(27)30-21(2,3)4/h9-10,15,17,25H,11-14H2,1-8H3. The maximum atomic E-state index is 13.0. The number of nitrogens with one attached hydrogen (secondary N) is 1. The summed E-state index contributed by atoms with van der Waals surface area (Å²) >= 11 is 0. The lowest BCUT2D eigenvalue weighted by atomic mass is 9.76. The first-order valence-corrected chi connectivity index (χ1v) is 13.0. The van der Waals surface area contributed by atoms with Crippen LogP contribution in [-0.4, -0.2) is 62.5 Å². The van der Waals surface area contributed by atoms with Crippen LogP contribution in [0.25, 0.3) is 0 Å². The Kier molecular flexibility index (Phi) is 6.99. The lowest BCUT2D eigenvalue weighted by Gasteiger charge is -2.33. The van der Waals surface area contributed by atoms with Crippen LogP contribution in [0.5, 0.6) is 0 Å². The Hall–Kier alpha value is -1.62. The predicted octanol–water partition coefficient (Wildman–Crippen LogP) is 2.97. The number of carbonyl (C=O) groups is 1. The molecule has 1 amide bonds. The number of rotatable bonds is 4. The van der Waals surface area contributed by atoms with Crippen LogP contribution in [0.3, 0.4) is 0 Å². The van der Waals surface area contributed by atoms with Gasteiger partial charge < -0.3 is 18.9 Å². The van der Waals surface area contributed by atoms with Crippen LogP contribution in [-0.2, 0) is 24.1 Å². The number of benzene rings is 1. The molecule has 33 heavy (non-hydrogen) atoms. The molecule has 3 rings (SSSR count). The van der Waals surface area contributed by atoms with Crippen LogP contribution in [0.4, 0.5) is 4.79 Å². The second kappa shape index (κ2) is 8.87. The van der Waals surface area contributed by atoms with E-state index in [2.05, 4.69) is 4.72 Å². The van der Waals surface area contributed by atoms with E-state index >= 15 is 0 Å². The fourth-order valence-electron chi connectivity index (χ4n) is 3.84. The molecule has 0 unspecified atom stereocenters. The van der Waals surface area contributed by atoms with Crippen molar-refractivity contribution in [2.45, 2.75) is 96.0 Å². The minimum Gasteiger partial charge on any atom is -0.444 e. The fourth-order valence-corrected chi connectivity index (χ4v) is 5.23. The van der Waals surface area contributed by atoms with Crippen molar-refractivity contribution in [2.24, 2.45) is 0 Å². The van der Waals surface area contributed by atoms with E-state index in [0.29, 0.717) is 25.9 Å². The fraction of sp³-hybridized carbons (Fsp3) is 0.696. The van der Waals surface area contributed by atoms with Gasteiger partial charge in [0.05, 0.1) is 16.1 Å². The highest BCUT2D eigenvalue weighted by Crippen LogP contribution is 2.36. The number of piperidine rings is 1. The Balaban J connectivity index is 1.64. The van der Waals surface area contributed by atoms with E-state index in [1.165, 1.54) is 0 Å². The minimum absolute atomic E-state index is 0.204. The molecule has 0 saturated carbocycles. The number of ether oxygens (including phenoxy) is 1. The number of hydrogen-bond acceptors (Lipinski definition) is 6.